The number of aliphatic hydroxyl groups excluding tert-OH is 1. The summed E-state index contributed by atoms with van der Waals surface area (Å²) in [6.45, 7) is 0. The average Bonchev–Trinajstić information content (AvgIpc) is 2.71. The van der Waals surface area contributed by atoms with Crippen LogP contribution in [0.1, 0.15) is 11.8 Å². The normalized spacial score (nSPS) is 25.8. The first-order valence-electron chi connectivity index (χ1n) is 4.15. The van der Waals surface area contributed by atoms with Crippen LogP contribution in [0, 0.1) is 0 Å². The molecule has 1 aromatic heterocycles. The Morgan fingerprint density at radius 3 is 3.08 bits per heavy atom. The summed E-state index contributed by atoms with van der Waals surface area (Å²) in [4.78, 5) is 0. The topological polar surface area (TPSA) is 33.1 Å². The van der Waals surface area contributed by atoms with Gasteiger partial charge in [-0.05, 0) is 17.6 Å². The number of nitrogens with zero attached hydrogens (tertiary/aromatic N) is 1. The van der Waals surface area contributed by atoms with Crippen LogP contribution in [0.3, 0.4) is 0 Å². The third-order valence-corrected chi connectivity index (χ3v) is 5.38. The Morgan fingerprint density at radius 1 is 1.54 bits per heavy atom. The molecule has 1 aliphatic rings. The predicted molar refractivity (Wildman–Crippen MR) is 60.6 cm³/mol. The molecule has 5 heteroatoms. The standard InChI is InChI=1S/C8H11NOS3/c10-8(6-1-2-13-9-6)7-5-11-3-4-12-7/h1-2,7-8,10H,3-5H2. The van der Waals surface area contributed by atoms with Crippen molar-refractivity contribution >= 4 is 35.1 Å². The van der Waals surface area contributed by atoms with Crippen molar-refractivity contribution in [2.24, 2.45) is 0 Å². The van der Waals surface area contributed by atoms with Crippen molar-refractivity contribution < 1.29 is 5.11 Å². The van der Waals surface area contributed by atoms with Crippen LogP contribution in [-0.2, 0) is 0 Å². The zero-order chi connectivity index (χ0) is 9.10. The van der Waals surface area contributed by atoms with E-state index in [1.165, 1.54) is 17.3 Å². The van der Waals surface area contributed by atoms with E-state index in [-0.39, 0.29) is 6.10 Å². The van der Waals surface area contributed by atoms with Gasteiger partial charge in [0.2, 0.25) is 0 Å². The quantitative estimate of drug-likeness (QED) is 0.847. The molecule has 2 heterocycles. The van der Waals surface area contributed by atoms with Crippen molar-refractivity contribution in [3.8, 4) is 0 Å². The number of hydrogen-bond donors (Lipinski definition) is 1. The van der Waals surface area contributed by atoms with Gasteiger partial charge in [-0.25, -0.2) is 0 Å². The van der Waals surface area contributed by atoms with Crippen molar-refractivity contribution in [2.75, 3.05) is 17.3 Å². The maximum absolute atomic E-state index is 9.94. The number of rotatable bonds is 2. The van der Waals surface area contributed by atoms with Gasteiger partial charge in [0.15, 0.2) is 0 Å². The molecular weight excluding hydrogens is 222 g/mol. The molecule has 2 atom stereocenters. The highest BCUT2D eigenvalue weighted by atomic mass is 32.2. The molecule has 2 rings (SSSR count). The fourth-order valence-electron chi connectivity index (χ4n) is 1.25. The van der Waals surface area contributed by atoms with Crippen LogP contribution < -0.4 is 0 Å². The lowest BCUT2D eigenvalue weighted by Crippen LogP contribution is -2.22. The average molecular weight is 233 g/mol. The summed E-state index contributed by atoms with van der Waals surface area (Å²) in [6, 6.07) is 1.91. The number of hydrogen-bond acceptors (Lipinski definition) is 5. The van der Waals surface area contributed by atoms with Crippen LogP contribution in [0.4, 0.5) is 0 Å². The molecule has 1 fully saturated rings. The van der Waals surface area contributed by atoms with Crippen LogP contribution in [0.2, 0.25) is 0 Å². The molecule has 0 aliphatic carbocycles. The zero-order valence-corrected chi connectivity index (χ0v) is 9.50. The third-order valence-electron chi connectivity index (χ3n) is 1.95. The number of thioether (sulfide) groups is 2. The van der Waals surface area contributed by atoms with E-state index in [0.29, 0.717) is 5.25 Å². The highest BCUT2D eigenvalue weighted by Crippen LogP contribution is 2.32. The molecule has 1 saturated heterocycles. The first kappa shape index (κ1) is 9.83. The summed E-state index contributed by atoms with van der Waals surface area (Å²) < 4.78 is 4.16. The van der Waals surface area contributed by atoms with Crippen LogP contribution >= 0.6 is 35.1 Å². The minimum Gasteiger partial charge on any atom is -0.386 e. The van der Waals surface area contributed by atoms with Gasteiger partial charge in [-0.15, -0.1) is 0 Å². The van der Waals surface area contributed by atoms with Crippen molar-refractivity contribution in [1.82, 2.24) is 4.37 Å². The minimum absolute atomic E-state index is 0.334. The SMILES string of the molecule is OC(c1ccsn1)C1CSCCS1. The molecule has 13 heavy (non-hydrogen) atoms. The Bertz CT molecular complexity index is 246. The maximum atomic E-state index is 9.94. The van der Waals surface area contributed by atoms with Crippen molar-refractivity contribution in [3.05, 3.63) is 17.1 Å². The molecule has 2 unspecified atom stereocenters. The summed E-state index contributed by atoms with van der Waals surface area (Å²) in [5.74, 6) is 3.41. The van der Waals surface area contributed by atoms with Crippen molar-refractivity contribution in [1.29, 1.82) is 0 Å². The molecule has 1 aliphatic heterocycles. The van der Waals surface area contributed by atoms with E-state index < -0.39 is 0 Å². The number of aliphatic hydroxyl groups is 1. The van der Waals surface area contributed by atoms with E-state index in [1.54, 1.807) is 0 Å². The monoisotopic (exact) mass is 233 g/mol. The zero-order valence-electron chi connectivity index (χ0n) is 7.05. The van der Waals surface area contributed by atoms with Crippen molar-refractivity contribution in [3.63, 3.8) is 0 Å². The molecule has 1 N–H and O–H groups in total. The van der Waals surface area contributed by atoms with Gasteiger partial charge in [-0.3, -0.25) is 0 Å². The highest BCUT2D eigenvalue weighted by molar-refractivity contribution is 8.06. The van der Waals surface area contributed by atoms with Crippen molar-refractivity contribution in [2.45, 2.75) is 11.4 Å². The largest absolute Gasteiger partial charge is 0.386 e. The Morgan fingerprint density at radius 2 is 2.46 bits per heavy atom. The van der Waals surface area contributed by atoms with E-state index in [2.05, 4.69) is 4.37 Å². The molecule has 72 valence electrons. The predicted octanol–water partition coefficient (Wildman–Crippen LogP) is 2.03. The Hall–Kier alpha value is 0.290. The lowest BCUT2D eigenvalue weighted by atomic mass is 10.2. The van der Waals surface area contributed by atoms with E-state index in [1.807, 2.05) is 35.0 Å². The summed E-state index contributed by atoms with van der Waals surface area (Å²) in [6.07, 6.45) is -0.371. The van der Waals surface area contributed by atoms with Gasteiger partial charge in [0, 0.05) is 27.9 Å². The molecular formula is C8H11NOS3. The molecule has 0 amide bonds. The first-order valence-corrected chi connectivity index (χ1v) is 7.19. The number of aromatic nitrogens is 1. The fraction of sp³-hybridized carbons (Fsp3) is 0.625. The van der Waals surface area contributed by atoms with Gasteiger partial charge >= 0.3 is 0 Å². The molecule has 0 saturated carbocycles. The Kier molecular flexibility index (Phi) is 3.54. The highest BCUT2D eigenvalue weighted by Gasteiger charge is 2.25. The molecule has 1 aromatic rings. The lowest BCUT2D eigenvalue weighted by Gasteiger charge is -2.24. The van der Waals surface area contributed by atoms with E-state index in [9.17, 15) is 5.11 Å². The van der Waals surface area contributed by atoms with Gasteiger partial charge in [-0.2, -0.15) is 27.9 Å². The van der Waals surface area contributed by atoms with Gasteiger partial charge in [0.05, 0.1) is 5.69 Å². The second-order valence-electron chi connectivity index (χ2n) is 2.85. The van der Waals surface area contributed by atoms with Gasteiger partial charge in [0.25, 0.3) is 0 Å². The Balaban J connectivity index is 1.99. The molecule has 0 radical (unpaired) electrons. The second kappa shape index (κ2) is 4.68. The van der Waals surface area contributed by atoms with Crippen LogP contribution in [0.5, 0.6) is 0 Å². The van der Waals surface area contributed by atoms with E-state index >= 15 is 0 Å². The van der Waals surface area contributed by atoms with Gasteiger partial charge in [0.1, 0.15) is 6.10 Å². The van der Waals surface area contributed by atoms with E-state index in [4.69, 9.17) is 0 Å². The molecule has 0 spiro atoms. The Labute approximate surface area is 90.3 Å². The van der Waals surface area contributed by atoms with Gasteiger partial charge in [-0.1, -0.05) is 0 Å². The van der Waals surface area contributed by atoms with E-state index in [0.717, 1.165) is 17.2 Å². The van der Waals surface area contributed by atoms with Crippen LogP contribution in [-0.4, -0.2) is 32.0 Å². The fourth-order valence-corrected chi connectivity index (χ4v) is 4.54. The van der Waals surface area contributed by atoms with Crippen LogP contribution in [0.25, 0.3) is 0 Å². The second-order valence-corrected chi connectivity index (χ2v) is 6.02. The summed E-state index contributed by atoms with van der Waals surface area (Å²) in [7, 11) is 0. The molecule has 2 nitrogen and oxygen atoms in total. The lowest BCUT2D eigenvalue weighted by molar-refractivity contribution is 0.177. The minimum atomic E-state index is -0.371. The third kappa shape index (κ3) is 2.40. The van der Waals surface area contributed by atoms with Crippen LogP contribution in [0.15, 0.2) is 11.4 Å². The summed E-state index contributed by atoms with van der Waals surface area (Å²) in [5.41, 5.74) is 0.838. The van der Waals surface area contributed by atoms with Gasteiger partial charge < -0.3 is 5.11 Å². The summed E-state index contributed by atoms with van der Waals surface area (Å²) >= 11 is 5.19. The first-order chi connectivity index (χ1) is 6.38. The summed E-state index contributed by atoms with van der Waals surface area (Å²) in [5, 5.41) is 12.2. The smallest absolute Gasteiger partial charge is 0.110 e. The molecule has 0 aromatic carbocycles. The maximum Gasteiger partial charge on any atom is 0.110 e. The molecule has 0 bridgehead atoms.